The molecule has 0 aliphatic carbocycles. The fourth-order valence-electron chi connectivity index (χ4n) is 3.29. The molecule has 3 aliphatic rings. The maximum absolute atomic E-state index is 14.0. The van der Waals surface area contributed by atoms with Gasteiger partial charge in [-0.25, -0.2) is 4.39 Å². The first-order valence-electron chi connectivity index (χ1n) is 8.00. The molecule has 3 saturated heterocycles. The topological polar surface area (TPSA) is 41.9 Å². The van der Waals surface area contributed by atoms with Gasteiger partial charge in [0.25, 0.3) is 0 Å². The van der Waals surface area contributed by atoms with Crippen LogP contribution in [-0.2, 0) is 4.74 Å². The minimum Gasteiger partial charge on any atom is -0.488 e. The van der Waals surface area contributed by atoms with Crippen molar-refractivity contribution in [2.45, 2.75) is 18.4 Å². The van der Waals surface area contributed by atoms with E-state index in [9.17, 15) is 9.50 Å². The normalized spacial score (nSPS) is 29.0. The van der Waals surface area contributed by atoms with Crippen molar-refractivity contribution in [1.29, 1.82) is 0 Å². The molecule has 0 spiro atoms. The van der Waals surface area contributed by atoms with Crippen LogP contribution in [0.5, 0.6) is 5.75 Å². The summed E-state index contributed by atoms with van der Waals surface area (Å²) in [4.78, 5) is 2.24. The van der Waals surface area contributed by atoms with Crippen molar-refractivity contribution in [2.75, 3.05) is 40.0 Å². The van der Waals surface area contributed by atoms with E-state index in [2.05, 4.69) is 16.7 Å². The molecule has 2 bridgehead atoms. The van der Waals surface area contributed by atoms with Gasteiger partial charge in [-0.05, 0) is 44.1 Å². The average Bonchev–Trinajstić information content (AvgIpc) is 2.56. The predicted octanol–water partition coefficient (Wildman–Crippen LogP) is 1.66. The van der Waals surface area contributed by atoms with E-state index in [1.54, 1.807) is 19.2 Å². The van der Waals surface area contributed by atoms with Crippen LogP contribution in [0.15, 0.2) is 18.2 Å². The van der Waals surface area contributed by atoms with Crippen LogP contribution < -0.4 is 4.74 Å². The highest BCUT2D eigenvalue weighted by atomic mass is 19.1. The van der Waals surface area contributed by atoms with Crippen molar-refractivity contribution in [3.05, 3.63) is 29.6 Å². The highest BCUT2D eigenvalue weighted by molar-refractivity contribution is 5.41. The summed E-state index contributed by atoms with van der Waals surface area (Å²) in [7, 11) is 1.57. The lowest BCUT2D eigenvalue weighted by Crippen LogP contribution is -2.58. The fraction of sp³-hybridized carbons (Fsp3) is 0.556. The van der Waals surface area contributed by atoms with Gasteiger partial charge in [-0.15, -0.1) is 0 Å². The Kier molecular flexibility index (Phi) is 4.86. The number of fused-ring (bicyclic) bond motifs is 3. The van der Waals surface area contributed by atoms with Gasteiger partial charge in [-0.1, -0.05) is 11.8 Å². The third-order valence-corrected chi connectivity index (χ3v) is 4.63. The second kappa shape index (κ2) is 6.88. The summed E-state index contributed by atoms with van der Waals surface area (Å²) in [5.41, 5.74) is -0.424. The van der Waals surface area contributed by atoms with Crippen LogP contribution in [0.4, 0.5) is 4.39 Å². The molecule has 1 unspecified atom stereocenters. The van der Waals surface area contributed by atoms with Crippen LogP contribution in [0, 0.1) is 23.6 Å². The zero-order valence-electron chi connectivity index (χ0n) is 13.3. The minimum absolute atomic E-state index is 0.189. The van der Waals surface area contributed by atoms with Crippen LogP contribution >= 0.6 is 0 Å². The molecule has 1 N–H and O–H groups in total. The zero-order valence-corrected chi connectivity index (χ0v) is 13.3. The van der Waals surface area contributed by atoms with Crippen LogP contribution in [0.3, 0.4) is 0 Å². The molecule has 0 aromatic heterocycles. The molecule has 4 rings (SSSR count). The van der Waals surface area contributed by atoms with Gasteiger partial charge < -0.3 is 14.6 Å². The molecule has 3 aliphatic heterocycles. The summed E-state index contributed by atoms with van der Waals surface area (Å²) < 4.78 is 24.1. The minimum atomic E-state index is -0.972. The molecule has 23 heavy (non-hydrogen) atoms. The molecule has 0 saturated carbocycles. The SMILES string of the molecule is COCCOc1ccc(C#CC2(O)CN3CCC2CC3)cc1F. The number of halogens is 1. The van der Waals surface area contributed by atoms with E-state index in [4.69, 9.17) is 9.47 Å². The molecule has 0 radical (unpaired) electrons. The van der Waals surface area contributed by atoms with Crippen molar-refractivity contribution in [1.82, 2.24) is 4.90 Å². The molecule has 1 atom stereocenters. The second-order valence-corrected chi connectivity index (χ2v) is 6.21. The van der Waals surface area contributed by atoms with Crippen molar-refractivity contribution >= 4 is 0 Å². The number of methoxy groups -OCH3 is 1. The fourth-order valence-corrected chi connectivity index (χ4v) is 3.29. The van der Waals surface area contributed by atoms with Crippen molar-refractivity contribution in [3.8, 4) is 17.6 Å². The maximum Gasteiger partial charge on any atom is 0.166 e. The lowest BCUT2D eigenvalue weighted by atomic mass is 9.76. The number of nitrogens with zero attached hydrogens (tertiary/aromatic N) is 1. The summed E-state index contributed by atoms with van der Waals surface area (Å²) in [5.74, 6) is 5.87. The number of hydrogen-bond donors (Lipinski definition) is 1. The number of piperidine rings is 3. The molecule has 1 aromatic carbocycles. The number of hydrogen-bond acceptors (Lipinski definition) is 4. The van der Waals surface area contributed by atoms with Crippen molar-refractivity contribution in [3.63, 3.8) is 0 Å². The van der Waals surface area contributed by atoms with E-state index in [1.807, 2.05) is 0 Å². The largest absolute Gasteiger partial charge is 0.488 e. The Morgan fingerprint density at radius 2 is 2.13 bits per heavy atom. The zero-order chi connectivity index (χ0) is 16.3. The third-order valence-electron chi connectivity index (χ3n) is 4.63. The highest BCUT2D eigenvalue weighted by Crippen LogP contribution is 2.35. The van der Waals surface area contributed by atoms with E-state index in [1.165, 1.54) is 6.07 Å². The van der Waals surface area contributed by atoms with Gasteiger partial charge in [0.05, 0.1) is 6.61 Å². The molecule has 3 fully saturated rings. The summed E-state index contributed by atoms with van der Waals surface area (Å²) in [6.45, 7) is 3.38. The number of rotatable bonds is 4. The molecule has 4 nitrogen and oxygen atoms in total. The molecule has 1 aromatic rings. The molecular formula is C18H22FNO3. The standard InChI is InChI=1S/C18H22FNO3/c1-22-10-11-23-17-3-2-14(12-16(17)19)4-7-18(21)13-20-8-5-15(18)6-9-20/h2-3,12,15,21H,5-6,8-11,13H2,1H3. The predicted molar refractivity (Wildman–Crippen MR) is 84.8 cm³/mol. The molecule has 0 amide bonds. The number of aliphatic hydroxyl groups is 1. The second-order valence-electron chi connectivity index (χ2n) is 6.21. The average molecular weight is 319 g/mol. The molecular weight excluding hydrogens is 297 g/mol. The first-order valence-corrected chi connectivity index (χ1v) is 8.00. The maximum atomic E-state index is 14.0. The summed E-state index contributed by atoms with van der Waals surface area (Å²) in [6, 6.07) is 4.62. The number of ether oxygens (including phenoxy) is 2. The Balaban J connectivity index is 1.70. The Labute approximate surface area is 136 Å². The van der Waals surface area contributed by atoms with Crippen LogP contribution in [0.25, 0.3) is 0 Å². The third kappa shape index (κ3) is 3.66. The van der Waals surface area contributed by atoms with Crippen molar-refractivity contribution < 1.29 is 19.0 Å². The first kappa shape index (κ1) is 16.3. The summed E-state index contributed by atoms with van der Waals surface area (Å²) >= 11 is 0. The summed E-state index contributed by atoms with van der Waals surface area (Å²) in [5, 5.41) is 10.7. The van der Waals surface area contributed by atoms with Gasteiger partial charge in [0.1, 0.15) is 12.2 Å². The number of benzene rings is 1. The van der Waals surface area contributed by atoms with Gasteiger partial charge in [0.2, 0.25) is 0 Å². The summed E-state index contributed by atoms with van der Waals surface area (Å²) in [6.07, 6.45) is 1.96. The van der Waals surface area contributed by atoms with E-state index in [-0.39, 0.29) is 11.7 Å². The van der Waals surface area contributed by atoms with Crippen LogP contribution in [-0.4, -0.2) is 55.6 Å². The highest BCUT2D eigenvalue weighted by Gasteiger charge is 2.44. The quantitative estimate of drug-likeness (QED) is 0.677. The van der Waals surface area contributed by atoms with Crippen LogP contribution in [0.2, 0.25) is 0 Å². The van der Waals surface area contributed by atoms with Crippen LogP contribution in [0.1, 0.15) is 18.4 Å². The Hall–Kier alpha value is -1.61. The van der Waals surface area contributed by atoms with E-state index in [0.717, 1.165) is 25.9 Å². The lowest BCUT2D eigenvalue weighted by molar-refractivity contribution is -0.0713. The molecule has 5 heteroatoms. The van der Waals surface area contributed by atoms with E-state index >= 15 is 0 Å². The molecule has 124 valence electrons. The van der Waals surface area contributed by atoms with E-state index < -0.39 is 11.4 Å². The lowest BCUT2D eigenvalue weighted by Gasteiger charge is -2.47. The van der Waals surface area contributed by atoms with Gasteiger partial charge in [0.15, 0.2) is 11.6 Å². The smallest absolute Gasteiger partial charge is 0.166 e. The Bertz CT molecular complexity index is 616. The van der Waals surface area contributed by atoms with Gasteiger partial charge in [-0.2, -0.15) is 0 Å². The van der Waals surface area contributed by atoms with E-state index in [0.29, 0.717) is 25.3 Å². The molecule has 3 heterocycles. The van der Waals surface area contributed by atoms with Gasteiger partial charge in [-0.3, -0.25) is 4.90 Å². The Morgan fingerprint density at radius 1 is 1.35 bits per heavy atom. The monoisotopic (exact) mass is 319 g/mol. The first-order chi connectivity index (χ1) is 11.1. The van der Waals surface area contributed by atoms with Gasteiger partial charge >= 0.3 is 0 Å². The van der Waals surface area contributed by atoms with Crippen molar-refractivity contribution in [2.24, 2.45) is 5.92 Å². The van der Waals surface area contributed by atoms with Gasteiger partial charge in [0, 0.05) is 25.1 Å². The Morgan fingerprint density at radius 3 is 2.74 bits per heavy atom.